The Morgan fingerprint density at radius 1 is 0.719 bits per heavy atom. The average molecular weight is 476 g/mol. The standard InChI is InChI=1S/C25H26N2O3.CH3.Co/c1-15-8-17(3)24(28)19(10-15)13-26-22-7-6-21(30-5)12-23(22)27-14-20-11-16(2)9-18(4)25(20)29;;/h6-14,28-29H,1-5H3;1H3;/q;-1;. The van der Waals surface area contributed by atoms with Gasteiger partial charge in [0.15, 0.2) is 0 Å². The van der Waals surface area contributed by atoms with Crippen LogP contribution < -0.4 is 4.74 Å². The van der Waals surface area contributed by atoms with Crippen LogP contribution in [0.2, 0.25) is 0 Å². The Labute approximate surface area is 200 Å². The third-order valence-corrected chi connectivity index (χ3v) is 4.82. The van der Waals surface area contributed by atoms with Crippen molar-refractivity contribution < 1.29 is 31.7 Å². The minimum atomic E-state index is 0. The predicted octanol–water partition coefficient (Wildman–Crippen LogP) is 6.29. The van der Waals surface area contributed by atoms with E-state index < -0.39 is 0 Å². The van der Waals surface area contributed by atoms with Crippen molar-refractivity contribution >= 4 is 23.8 Å². The molecule has 0 aromatic heterocycles. The molecule has 0 saturated carbocycles. The Balaban J connectivity index is 0.00000256. The van der Waals surface area contributed by atoms with Crippen LogP contribution in [0.15, 0.2) is 52.4 Å². The molecule has 0 unspecified atom stereocenters. The second-order valence-corrected chi connectivity index (χ2v) is 7.41. The number of hydrogen-bond donors (Lipinski definition) is 2. The normalized spacial score (nSPS) is 10.8. The van der Waals surface area contributed by atoms with Crippen LogP contribution in [0.4, 0.5) is 11.4 Å². The average Bonchev–Trinajstić information content (AvgIpc) is 2.71. The van der Waals surface area contributed by atoms with Crippen LogP contribution in [0.3, 0.4) is 0 Å². The molecule has 3 aromatic carbocycles. The molecule has 0 aliphatic heterocycles. The second-order valence-electron chi connectivity index (χ2n) is 7.41. The van der Waals surface area contributed by atoms with Crippen LogP contribution in [0.1, 0.15) is 33.4 Å². The predicted molar refractivity (Wildman–Crippen MR) is 129 cm³/mol. The van der Waals surface area contributed by atoms with Crippen molar-refractivity contribution in [2.45, 2.75) is 27.7 Å². The molecule has 1 radical (unpaired) electrons. The maximum atomic E-state index is 10.3. The number of phenols is 2. The molecule has 2 N–H and O–H groups in total. The van der Waals surface area contributed by atoms with Gasteiger partial charge in [0.25, 0.3) is 0 Å². The first-order valence-corrected chi connectivity index (χ1v) is 9.65. The van der Waals surface area contributed by atoms with Crippen molar-refractivity contribution in [3.63, 3.8) is 0 Å². The first-order chi connectivity index (χ1) is 14.3. The van der Waals surface area contributed by atoms with Crippen LogP contribution in [0.25, 0.3) is 0 Å². The number of methoxy groups -OCH3 is 1. The Hall–Kier alpha value is -3.09. The van der Waals surface area contributed by atoms with Crippen molar-refractivity contribution in [3.8, 4) is 17.2 Å². The number of phenolic OH excluding ortho intramolecular Hbond substituents is 2. The molecular formula is C26H29CoN2O3-. The van der Waals surface area contributed by atoms with E-state index in [9.17, 15) is 10.2 Å². The van der Waals surface area contributed by atoms with E-state index in [2.05, 4.69) is 9.98 Å². The summed E-state index contributed by atoms with van der Waals surface area (Å²) in [4.78, 5) is 9.10. The van der Waals surface area contributed by atoms with Gasteiger partial charge in [-0.3, -0.25) is 9.98 Å². The minimum absolute atomic E-state index is 0. The number of aryl methyl sites for hydroxylation is 4. The van der Waals surface area contributed by atoms with E-state index in [0.29, 0.717) is 28.3 Å². The summed E-state index contributed by atoms with van der Waals surface area (Å²) in [6.45, 7) is 7.67. The Bertz CT molecular complexity index is 1150. The number of ether oxygens (including phenoxy) is 1. The van der Waals surface area contributed by atoms with E-state index in [0.717, 1.165) is 22.3 Å². The van der Waals surface area contributed by atoms with E-state index in [4.69, 9.17) is 4.74 Å². The fraction of sp³-hybridized carbons (Fsp3) is 0.192. The molecule has 3 aromatic rings. The first kappa shape index (κ1) is 26.9. The number of nitrogens with zero attached hydrogens (tertiary/aromatic N) is 2. The number of rotatable bonds is 5. The van der Waals surface area contributed by atoms with E-state index >= 15 is 0 Å². The Kier molecular flexibility index (Phi) is 9.69. The Morgan fingerprint density at radius 3 is 1.66 bits per heavy atom. The van der Waals surface area contributed by atoms with Crippen molar-refractivity contribution in [1.29, 1.82) is 0 Å². The summed E-state index contributed by atoms with van der Waals surface area (Å²) in [5, 5.41) is 20.6. The molecule has 0 heterocycles. The quantitative estimate of drug-likeness (QED) is 0.336. The first-order valence-electron chi connectivity index (χ1n) is 9.65. The zero-order chi connectivity index (χ0) is 21.8. The SMILES string of the molecule is COc1ccc(N=Cc2cc(C)cc(C)c2O)c(N=Cc2cc(C)cc(C)c2O)c1.[CH3-].[Co]. The van der Waals surface area contributed by atoms with Gasteiger partial charge < -0.3 is 22.4 Å². The summed E-state index contributed by atoms with van der Waals surface area (Å²) < 4.78 is 5.32. The van der Waals surface area contributed by atoms with Gasteiger partial charge in [-0.2, -0.15) is 0 Å². The number of aliphatic imine (C=N–C) groups is 2. The van der Waals surface area contributed by atoms with Gasteiger partial charge in [0.2, 0.25) is 0 Å². The topological polar surface area (TPSA) is 74.4 Å². The third kappa shape index (κ3) is 6.21. The van der Waals surface area contributed by atoms with E-state index in [1.165, 1.54) is 0 Å². The van der Waals surface area contributed by atoms with Gasteiger partial charge in [-0.1, -0.05) is 12.1 Å². The van der Waals surface area contributed by atoms with Crippen LogP contribution in [0, 0.1) is 35.1 Å². The van der Waals surface area contributed by atoms with E-state index in [1.54, 1.807) is 31.7 Å². The minimum Gasteiger partial charge on any atom is -0.507 e. The van der Waals surface area contributed by atoms with Crippen molar-refractivity contribution in [1.82, 2.24) is 0 Å². The molecule has 5 nitrogen and oxygen atoms in total. The Morgan fingerprint density at radius 2 is 1.19 bits per heavy atom. The number of benzene rings is 3. The zero-order valence-electron chi connectivity index (χ0n) is 19.2. The van der Waals surface area contributed by atoms with Gasteiger partial charge in [0.05, 0.1) is 18.5 Å². The fourth-order valence-corrected chi connectivity index (χ4v) is 3.30. The summed E-state index contributed by atoms with van der Waals surface area (Å²) in [6.07, 6.45) is 3.25. The third-order valence-electron chi connectivity index (χ3n) is 4.82. The van der Waals surface area contributed by atoms with Crippen LogP contribution >= 0.6 is 0 Å². The summed E-state index contributed by atoms with van der Waals surface area (Å²) in [7, 11) is 1.59. The monoisotopic (exact) mass is 476 g/mol. The molecule has 171 valence electrons. The zero-order valence-corrected chi connectivity index (χ0v) is 20.3. The van der Waals surface area contributed by atoms with Gasteiger partial charge >= 0.3 is 0 Å². The van der Waals surface area contributed by atoms with Gasteiger partial charge in [-0.25, -0.2) is 0 Å². The summed E-state index contributed by atoms with van der Waals surface area (Å²) in [6, 6.07) is 13.0. The summed E-state index contributed by atoms with van der Waals surface area (Å²) in [5.41, 5.74) is 6.18. The molecule has 0 aliphatic rings. The maximum Gasteiger partial charge on any atom is 0.127 e. The second kappa shape index (κ2) is 11.5. The largest absolute Gasteiger partial charge is 0.507 e. The summed E-state index contributed by atoms with van der Waals surface area (Å²) >= 11 is 0. The summed E-state index contributed by atoms with van der Waals surface area (Å²) in [5.74, 6) is 1.07. The van der Waals surface area contributed by atoms with Crippen molar-refractivity contribution in [3.05, 3.63) is 83.3 Å². The maximum absolute atomic E-state index is 10.3. The molecule has 0 atom stereocenters. The molecule has 0 saturated heterocycles. The fourth-order valence-electron chi connectivity index (χ4n) is 3.30. The van der Waals surface area contributed by atoms with Crippen LogP contribution in [0.5, 0.6) is 17.2 Å². The van der Waals surface area contributed by atoms with Gasteiger partial charge in [-0.05, 0) is 74.2 Å². The molecule has 6 heteroatoms. The van der Waals surface area contributed by atoms with Gasteiger partial charge in [0.1, 0.15) is 17.2 Å². The molecule has 0 aliphatic carbocycles. The van der Waals surface area contributed by atoms with Crippen molar-refractivity contribution in [2.75, 3.05) is 7.11 Å². The smallest absolute Gasteiger partial charge is 0.127 e. The van der Waals surface area contributed by atoms with Gasteiger partial charge in [0, 0.05) is 46.4 Å². The van der Waals surface area contributed by atoms with Crippen LogP contribution in [-0.2, 0) is 16.8 Å². The number of aromatic hydroxyl groups is 2. The molecule has 0 amide bonds. The van der Waals surface area contributed by atoms with E-state index in [-0.39, 0.29) is 35.7 Å². The van der Waals surface area contributed by atoms with Gasteiger partial charge in [-0.15, -0.1) is 0 Å². The van der Waals surface area contributed by atoms with Crippen LogP contribution in [-0.4, -0.2) is 29.8 Å². The molecule has 3 rings (SSSR count). The molecule has 0 bridgehead atoms. The molecule has 0 spiro atoms. The number of hydrogen-bond acceptors (Lipinski definition) is 5. The van der Waals surface area contributed by atoms with E-state index in [1.807, 2.05) is 58.0 Å². The molecule has 32 heavy (non-hydrogen) atoms. The molecule has 0 fully saturated rings. The molecular weight excluding hydrogens is 447 g/mol. The van der Waals surface area contributed by atoms with Crippen molar-refractivity contribution in [2.24, 2.45) is 9.98 Å².